The molecule has 9 nitrogen and oxygen atoms in total. The number of anilines is 2. The number of fused-ring (bicyclic) bond motifs is 1. The average Bonchev–Trinajstić information content (AvgIpc) is 3.15. The molecule has 10 heteroatoms. The van der Waals surface area contributed by atoms with Crippen LogP contribution in [0.25, 0.3) is 0 Å². The molecule has 0 aliphatic carbocycles. The van der Waals surface area contributed by atoms with Crippen molar-refractivity contribution in [1.29, 1.82) is 0 Å². The summed E-state index contributed by atoms with van der Waals surface area (Å²) in [7, 11) is 1.45. The zero-order chi connectivity index (χ0) is 21.2. The van der Waals surface area contributed by atoms with Gasteiger partial charge in [0, 0.05) is 24.8 Å². The molecule has 2 heterocycles. The molecule has 1 aromatic rings. The van der Waals surface area contributed by atoms with E-state index in [4.69, 9.17) is 9.47 Å². The van der Waals surface area contributed by atoms with Crippen LogP contribution in [0.3, 0.4) is 0 Å². The molecule has 2 aliphatic rings. The molecular weight excluding hydrogens is 398 g/mol. The Morgan fingerprint density at radius 2 is 2.07 bits per heavy atom. The summed E-state index contributed by atoms with van der Waals surface area (Å²) >= 11 is 1.56. The van der Waals surface area contributed by atoms with Crippen molar-refractivity contribution in [1.82, 2.24) is 4.90 Å². The minimum Gasteiger partial charge on any atom is -0.495 e. The molecule has 0 unspecified atom stereocenters. The van der Waals surface area contributed by atoms with Crippen molar-refractivity contribution >= 4 is 46.8 Å². The number of methoxy groups -OCH3 is 1. The van der Waals surface area contributed by atoms with Gasteiger partial charge in [0.25, 0.3) is 5.91 Å². The Bertz CT molecular complexity index is 860. The number of hydrogen-bond donors (Lipinski definition) is 2. The lowest BCUT2D eigenvalue weighted by Crippen LogP contribution is -2.47. The van der Waals surface area contributed by atoms with Crippen LogP contribution < -0.4 is 15.4 Å². The molecule has 1 aromatic carbocycles. The molecule has 0 aromatic heterocycles. The summed E-state index contributed by atoms with van der Waals surface area (Å²) in [5, 5.41) is 5.22. The predicted molar refractivity (Wildman–Crippen MR) is 108 cm³/mol. The van der Waals surface area contributed by atoms with Crippen molar-refractivity contribution < 1.29 is 28.7 Å². The van der Waals surface area contributed by atoms with Crippen LogP contribution in [0.1, 0.15) is 26.7 Å². The highest BCUT2D eigenvalue weighted by molar-refractivity contribution is 8.01. The minimum atomic E-state index is -0.676. The van der Waals surface area contributed by atoms with Crippen LogP contribution in [0.4, 0.5) is 11.4 Å². The highest BCUT2D eigenvalue weighted by Crippen LogP contribution is 2.47. The molecule has 0 radical (unpaired) electrons. The summed E-state index contributed by atoms with van der Waals surface area (Å²) in [5.41, 5.74) is 0.818. The van der Waals surface area contributed by atoms with Crippen LogP contribution in [0.2, 0.25) is 0 Å². The number of hydrogen-bond acceptors (Lipinski definition) is 7. The minimum absolute atomic E-state index is 0.0663. The number of rotatable bonds is 6. The highest BCUT2D eigenvalue weighted by Gasteiger charge is 2.53. The average molecular weight is 421 g/mol. The molecular formula is C19H23N3O6S. The molecule has 2 fully saturated rings. The van der Waals surface area contributed by atoms with Gasteiger partial charge in [0.05, 0.1) is 17.7 Å². The second-order valence-corrected chi connectivity index (χ2v) is 8.52. The Labute approximate surface area is 172 Å². The maximum absolute atomic E-state index is 12.4. The summed E-state index contributed by atoms with van der Waals surface area (Å²) in [4.78, 5) is 49.3. The Morgan fingerprint density at radius 3 is 2.76 bits per heavy atom. The molecule has 3 rings (SSSR count). The van der Waals surface area contributed by atoms with E-state index >= 15 is 0 Å². The van der Waals surface area contributed by atoms with Gasteiger partial charge in [0.2, 0.25) is 11.8 Å². The maximum Gasteiger partial charge on any atom is 0.330 e. The van der Waals surface area contributed by atoms with E-state index in [1.165, 1.54) is 14.0 Å². The van der Waals surface area contributed by atoms with E-state index in [0.717, 1.165) is 0 Å². The molecule has 2 saturated heterocycles. The van der Waals surface area contributed by atoms with Gasteiger partial charge in [0.15, 0.2) is 6.61 Å². The zero-order valence-electron chi connectivity index (χ0n) is 16.4. The van der Waals surface area contributed by atoms with E-state index in [-0.39, 0.29) is 16.7 Å². The number of esters is 1. The lowest BCUT2D eigenvalue weighted by Gasteiger charge is -2.29. The normalized spacial score (nSPS) is 22.8. The fourth-order valence-corrected chi connectivity index (χ4v) is 4.92. The number of nitrogens with one attached hydrogen (secondary N) is 2. The number of carbonyl (C=O) groups excluding carboxylic acids is 4. The number of ether oxygens (including phenoxy) is 2. The Morgan fingerprint density at radius 1 is 1.31 bits per heavy atom. The Balaban J connectivity index is 1.59. The number of benzene rings is 1. The van der Waals surface area contributed by atoms with Crippen molar-refractivity contribution in [3.05, 3.63) is 18.2 Å². The van der Waals surface area contributed by atoms with Gasteiger partial charge in [-0.15, -0.1) is 11.8 Å². The third kappa shape index (κ3) is 4.47. The lowest BCUT2D eigenvalue weighted by atomic mass is 10.2. The molecule has 29 heavy (non-hydrogen) atoms. The van der Waals surface area contributed by atoms with Gasteiger partial charge in [-0.3, -0.25) is 14.4 Å². The van der Waals surface area contributed by atoms with Crippen LogP contribution >= 0.6 is 11.8 Å². The van der Waals surface area contributed by atoms with Crippen molar-refractivity contribution in [2.24, 2.45) is 0 Å². The summed E-state index contributed by atoms with van der Waals surface area (Å²) in [6, 6.07) is 4.10. The molecule has 2 N–H and O–H groups in total. The van der Waals surface area contributed by atoms with E-state index < -0.39 is 24.5 Å². The van der Waals surface area contributed by atoms with E-state index in [9.17, 15) is 19.2 Å². The fourth-order valence-electron chi connectivity index (χ4n) is 3.50. The summed E-state index contributed by atoms with van der Waals surface area (Å²) in [5.74, 6) is -0.620. The van der Waals surface area contributed by atoms with Crippen molar-refractivity contribution in [2.45, 2.75) is 37.6 Å². The van der Waals surface area contributed by atoms with Crippen LogP contribution in [-0.4, -0.2) is 59.0 Å². The number of carbonyl (C=O) groups is 4. The van der Waals surface area contributed by atoms with Gasteiger partial charge in [-0.2, -0.15) is 0 Å². The smallest absolute Gasteiger partial charge is 0.330 e. The summed E-state index contributed by atoms with van der Waals surface area (Å²) in [6.07, 6.45) is 1.11. The van der Waals surface area contributed by atoms with Gasteiger partial charge in [0.1, 0.15) is 11.8 Å². The standard InChI is InChI=1S/C19H23N3O6S/c1-11(23)20-12-4-5-15(27-3)13(8-12)21-16(24)9-28-18(26)14-10-29-19(2)7-6-17(25)22(14)19/h4-5,8,14H,6-7,9-10H2,1-3H3,(H,20,23)(H,21,24)/t14-,19+/m1/s1. The van der Waals surface area contributed by atoms with E-state index in [1.54, 1.807) is 34.9 Å². The third-order valence-corrected chi connectivity index (χ3v) is 6.36. The van der Waals surface area contributed by atoms with E-state index in [0.29, 0.717) is 35.7 Å². The summed E-state index contributed by atoms with van der Waals surface area (Å²) < 4.78 is 10.4. The molecule has 0 saturated carbocycles. The lowest BCUT2D eigenvalue weighted by molar-refractivity contribution is -0.155. The molecule has 156 valence electrons. The number of thioether (sulfide) groups is 1. The van der Waals surface area contributed by atoms with E-state index in [1.807, 2.05) is 6.92 Å². The van der Waals surface area contributed by atoms with Crippen LogP contribution in [-0.2, 0) is 23.9 Å². The first-order chi connectivity index (χ1) is 13.7. The van der Waals surface area contributed by atoms with E-state index in [2.05, 4.69) is 10.6 Å². The predicted octanol–water partition coefficient (Wildman–Crippen LogP) is 1.59. The fraction of sp³-hybridized carbons (Fsp3) is 0.474. The first-order valence-corrected chi connectivity index (χ1v) is 10.1. The Hall–Kier alpha value is -2.75. The van der Waals surface area contributed by atoms with Crippen molar-refractivity contribution in [3.8, 4) is 5.75 Å². The largest absolute Gasteiger partial charge is 0.495 e. The first-order valence-electron chi connectivity index (χ1n) is 9.12. The van der Waals surface area contributed by atoms with Gasteiger partial charge in [-0.1, -0.05) is 0 Å². The molecule has 2 atom stereocenters. The molecule has 0 bridgehead atoms. The topological polar surface area (TPSA) is 114 Å². The molecule has 2 aliphatic heterocycles. The highest BCUT2D eigenvalue weighted by atomic mass is 32.2. The Kier molecular flexibility index (Phi) is 6.02. The van der Waals surface area contributed by atoms with Gasteiger partial charge >= 0.3 is 5.97 Å². The monoisotopic (exact) mass is 421 g/mol. The molecule has 3 amide bonds. The zero-order valence-corrected chi connectivity index (χ0v) is 17.3. The van der Waals surface area contributed by atoms with Crippen molar-refractivity contribution in [2.75, 3.05) is 30.1 Å². The number of nitrogens with zero attached hydrogens (tertiary/aromatic N) is 1. The second-order valence-electron chi connectivity index (χ2n) is 7.02. The second kappa shape index (κ2) is 8.32. The number of amides is 3. The molecule has 0 spiro atoms. The van der Waals surface area contributed by atoms with Gasteiger partial charge < -0.3 is 25.0 Å². The van der Waals surface area contributed by atoms with Gasteiger partial charge in [-0.25, -0.2) is 4.79 Å². The quantitative estimate of drug-likeness (QED) is 0.671. The maximum atomic E-state index is 12.4. The van der Waals surface area contributed by atoms with Gasteiger partial charge in [-0.05, 0) is 31.5 Å². The van der Waals surface area contributed by atoms with Crippen LogP contribution in [0.5, 0.6) is 5.75 Å². The third-order valence-electron chi connectivity index (χ3n) is 4.86. The summed E-state index contributed by atoms with van der Waals surface area (Å²) in [6.45, 7) is 2.82. The van der Waals surface area contributed by atoms with Crippen LogP contribution in [0.15, 0.2) is 18.2 Å². The SMILES string of the molecule is COc1ccc(NC(C)=O)cc1NC(=O)COC(=O)[C@H]1CS[C@@]2(C)CCC(=O)N12. The van der Waals surface area contributed by atoms with Crippen molar-refractivity contribution in [3.63, 3.8) is 0 Å². The first kappa shape index (κ1) is 21.0. The van der Waals surface area contributed by atoms with Crippen LogP contribution in [0, 0.1) is 0 Å².